The molecule has 1 aromatic rings. The van der Waals surface area contributed by atoms with Crippen LogP contribution in [-0.4, -0.2) is 49.8 Å². The van der Waals surface area contributed by atoms with Crippen LogP contribution in [0.25, 0.3) is 0 Å². The van der Waals surface area contributed by atoms with Gasteiger partial charge in [0.2, 0.25) is 0 Å². The minimum atomic E-state index is -0.0430. The summed E-state index contributed by atoms with van der Waals surface area (Å²) in [6.45, 7) is 5.73. The van der Waals surface area contributed by atoms with Crippen LogP contribution in [0.3, 0.4) is 0 Å². The summed E-state index contributed by atoms with van der Waals surface area (Å²) in [5, 5.41) is 0. The number of fused-ring (bicyclic) bond motifs is 1. The van der Waals surface area contributed by atoms with Gasteiger partial charge in [-0.3, -0.25) is 4.79 Å². The highest BCUT2D eigenvalue weighted by atomic mass is 16.5. The Balaban J connectivity index is 1.47. The number of rotatable bonds is 5. The van der Waals surface area contributed by atoms with E-state index in [4.69, 9.17) is 13.9 Å². The van der Waals surface area contributed by atoms with Crippen LogP contribution in [0, 0.1) is 18.3 Å². The Kier molecular flexibility index (Phi) is 4.39. The molecule has 1 saturated carbocycles. The highest BCUT2D eigenvalue weighted by Gasteiger charge is 2.47. The quantitative estimate of drug-likeness (QED) is 0.831. The van der Waals surface area contributed by atoms with Crippen molar-refractivity contribution in [2.45, 2.75) is 45.1 Å². The highest BCUT2D eigenvalue weighted by molar-refractivity contribution is 5.95. The largest absolute Gasteiger partial charge is 0.469 e. The normalized spacial score (nSPS) is 30.2. The molecular weight excluding hydrogens is 306 g/mol. The molecule has 2 atom stereocenters. The van der Waals surface area contributed by atoms with Crippen LogP contribution in [0.15, 0.2) is 16.7 Å². The van der Waals surface area contributed by atoms with Crippen molar-refractivity contribution in [1.82, 2.24) is 4.90 Å². The molecule has 2 saturated heterocycles. The van der Waals surface area contributed by atoms with Gasteiger partial charge in [0, 0.05) is 31.7 Å². The third-order valence-electron chi connectivity index (χ3n) is 5.80. The number of amides is 1. The number of hydrogen-bond donors (Lipinski definition) is 0. The topological polar surface area (TPSA) is 51.9 Å². The van der Waals surface area contributed by atoms with Gasteiger partial charge in [-0.1, -0.05) is 0 Å². The number of aryl methyl sites for hydroxylation is 1. The van der Waals surface area contributed by atoms with E-state index >= 15 is 0 Å². The van der Waals surface area contributed by atoms with Gasteiger partial charge in [-0.15, -0.1) is 0 Å². The van der Waals surface area contributed by atoms with E-state index < -0.39 is 0 Å². The van der Waals surface area contributed by atoms with Gasteiger partial charge in [0.05, 0.1) is 24.5 Å². The van der Waals surface area contributed by atoms with Crippen LogP contribution in [0.4, 0.5) is 0 Å². The van der Waals surface area contributed by atoms with Gasteiger partial charge in [0.15, 0.2) is 0 Å². The number of hydrogen-bond acceptors (Lipinski definition) is 4. The van der Waals surface area contributed by atoms with Crippen LogP contribution >= 0.6 is 0 Å². The van der Waals surface area contributed by atoms with Gasteiger partial charge in [-0.2, -0.15) is 0 Å². The molecule has 1 amide bonds. The van der Waals surface area contributed by atoms with E-state index in [9.17, 15) is 4.79 Å². The van der Waals surface area contributed by atoms with E-state index in [1.165, 1.54) is 12.8 Å². The SMILES string of the molecule is Cc1occc1C(=O)N1CCC2OCCCC2(COCC2CC2)C1. The van der Waals surface area contributed by atoms with Crippen molar-refractivity contribution in [1.29, 1.82) is 0 Å². The molecule has 24 heavy (non-hydrogen) atoms. The molecule has 2 unspecified atom stereocenters. The molecule has 1 aliphatic carbocycles. The van der Waals surface area contributed by atoms with Crippen LogP contribution in [0.2, 0.25) is 0 Å². The Morgan fingerprint density at radius 1 is 1.42 bits per heavy atom. The summed E-state index contributed by atoms with van der Waals surface area (Å²) in [5.74, 6) is 1.53. The zero-order valence-corrected chi connectivity index (χ0v) is 14.5. The third kappa shape index (κ3) is 3.11. The molecule has 0 spiro atoms. The molecule has 4 rings (SSSR count). The molecule has 0 N–H and O–H groups in total. The molecule has 5 heteroatoms. The van der Waals surface area contributed by atoms with Crippen molar-refractivity contribution in [3.63, 3.8) is 0 Å². The summed E-state index contributed by atoms with van der Waals surface area (Å²) < 4.78 is 17.4. The standard InChI is InChI=1S/C19H27NO4/c1-14-16(6-10-23-14)18(21)20-8-5-17-19(12-20,7-2-9-24-17)13-22-11-15-3-4-15/h6,10,15,17H,2-5,7-9,11-13H2,1H3. The Bertz CT molecular complexity index is 594. The van der Waals surface area contributed by atoms with Gasteiger partial charge in [-0.05, 0) is 51.0 Å². The van der Waals surface area contributed by atoms with E-state index in [0.717, 1.165) is 51.5 Å². The molecule has 3 heterocycles. The fourth-order valence-corrected chi connectivity index (χ4v) is 4.16. The lowest BCUT2D eigenvalue weighted by atomic mass is 9.73. The monoisotopic (exact) mass is 333 g/mol. The van der Waals surface area contributed by atoms with E-state index in [1.807, 2.05) is 11.8 Å². The summed E-state index contributed by atoms with van der Waals surface area (Å²) in [6, 6.07) is 1.78. The second-order valence-corrected chi connectivity index (χ2v) is 7.69. The molecule has 132 valence electrons. The smallest absolute Gasteiger partial charge is 0.257 e. The van der Waals surface area contributed by atoms with Gasteiger partial charge >= 0.3 is 0 Å². The Hall–Kier alpha value is -1.33. The Labute approximate surface area is 143 Å². The number of furan rings is 1. The fraction of sp³-hybridized carbons (Fsp3) is 0.737. The predicted octanol–water partition coefficient (Wildman–Crippen LogP) is 3.03. The molecule has 3 aliphatic rings. The summed E-state index contributed by atoms with van der Waals surface area (Å²) in [7, 11) is 0. The summed E-state index contributed by atoms with van der Waals surface area (Å²) in [4.78, 5) is 14.9. The van der Waals surface area contributed by atoms with Crippen molar-refractivity contribution in [3.8, 4) is 0 Å². The zero-order chi connectivity index (χ0) is 16.6. The molecule has 0 radical (unpaired) electrons. The maximum Gasteiger partial charge on any atom is 0.257 e. The van der Waals surface area contributed by atoms with E-state index in [-0.39, 0.29) is 17.4 Å². The zero-order valence-electron chi connectivity index (χ0n) is 14.5. The summed E-state index contributed by atoms with van der Waals surface area (Å²) in [5.41, 5.74) is 0.637. The first-order valence-electron chi connectivity index (χ1n) is 9.21. The Morgan fingerprint density at radius 2 is 2.29 bits per heavy atom. The van der Waals surface area contributed by atoms with Crippen molar-refractivity contribution < 1.29 is 18.7 Å². The maximum absolute atomic E-state index is 12.9. The molecule has 3 fully saturated rings. The first-order valence-corrected chi connectivity index (χ1v) is 9.21. The molecule has 2 aliphatic heterocycles. The van der Waals surface area contributed by atoms with Crippen molar-refractivity contribution in [3.05, 3.63) is 23.7 Å². The number of carbonyl (C=O) groups is 1. The average Bonchev–Trinajstić information content (AvgIpc) is 3.32. The van der Waals surface area contributed by atoms with Crippen molar-refractivity contribution in [2.24, 2.45) is 11.3 Å². The number of piperidine rings is 1. The summed E-state index contributed by atoms with van der Waals surface area (Å²) in [6.07, 6.45) is 7.45. The fourth-order valence-electron chi connectivity index (χ4n) is 4.16. The second-order valence-electron chi connectivity index (χ2n) is 7.69. The van der Waals surface area contributed by atoms with Crippen LogP contribution in [-0.2, 0) is 9.47 Å². The van der Waals surface area contributed by atoms with Crippen molar-refractivity contribution in [2.75, 3.05) is 32.9 Å². The van der Waals surface area contributed by atoms with Gasteiger partial charge in [-0.25, -0.2) is 0 Å². The lowest BCUT2D eigenvalue weighted by Gasteiger charge is -2.50. The maximum atomic E-state index is 12.9. The number of likely N-dealkylation sites (tertiary alicyclic amines) is 1. The predicted molar refractivity (Wildman–Crippen MR) is 88.9 cm³/mol. The van der Waals surface area contributed by atoms with E-state index in [2.05, 4.69) is 0 Å². The van der Waals surface area contributed by atoms with Crippen LogP contribution < -0.4 is 0 Å². The minimum absolute atomic E-state index is 0.0430. The first-order chi connectivity index (χ1) is 11.7. The number of nitrogens with zero attached hydrogens (tertiary/aromatic N) is 1. The lowest BCUT2D eigenvalue weighted by molar-refractivity contribution is -0.147. The van der Waals surface area contributed by atoms with E-state index in [0.29, 0.717) is 17.9 Å². The van der Waals surface area contributed by atoms with Crippen LogP contribution in [0.5, 0.6) is 0 Å². The average molecular weight is 333 g/mol. The minimum Gasteiger partial charge on any atom is -0.469 e. The molecular formula is C19H27NO4. The summed E-state index contributed by atoms with van der Waals surface area (Å²) >= 11 is 0. The van der Waals surface area contributed by atoms with Gasteiger partial charge in [0.1, 0.15) is 5.76 Å². The first kappa shape index (κ1) is 16.2. The number of carbonyl (C=O) groups excluding carboxylic acids is 1. The van der Waals surface area contributed by atoms with Crippen LogP contribution in [0.1, 0.15) is 48.2 Å². The molecule has 0 aromatic carbocycles. The van der Waals surface area contributed by atoms with E-state index in [1.54, 1.807) is 12.3 Å². The second kappa shape index (κ2) is 6.52. The molecule has 1 aromatic heterocycles. The van der Waals surface area contributed by atoms with Crippen molar-refractivity contribution >= 4 is 5.91 Å². The number of ether oxygens (including phenoxy) is 2. The highest BCUT2D eigenvalue weighted by Crippen LogP contribution is 2.41. The Morgan fingerprint density at radius 3 is 3.04 bits per heavy atom. The molecule has 5 nitrogen and oxygen atoms in total. The third-order valence-corrected chi connectivity index (χ3v) is 5.80. The molecule has 0 bridgehead atoms. The van der Waals surface area contributed by atoms with Gasteiger partial charge < -0.3 is 18.8 Å². The lowest BCUT2D eigenvalue weighted by Crippen LogP contribution is -2.58. The van der Waals surface area contributed by atoms with Gasteiger partial charge in [0.25, 0.3) is 5.91 Å².